The van der Waals surface area contributed by atoms with Crippen molar-refractivity contribution in [3.05, 3.63) is 29.8 Å². The van der Waals surface area contributed by atoms with E-state index in [1.807, 2.05) is 19.1 Å². The molecule has 1 heterocycles. The van der Waals surface area contributed by atoms with Crippen molar-refractivity contribution in [2.75, 3.05) is 19.7 Å². The average Bonchev–Trinajstić information content (AvgIpc) is 3.16. The summed E-state index contributed by atoms with van der Waals surface area (Å²) >= 11 is 0. The lowest BCUT2D eigenvalue weighted by atomic mass is 10.1. The molecule has 102 valence electrons. The Kier molecular flexibility index (Phi) is 3.32. The van der Waals surface area contributed by atoms with E-state index in [0.717, 1.165) is 24.8 Å². The van der Waals surface area contributed by atoms with Gasteiger partial charge in [-0.05, 0) is 43.4 Å². The van der Waals surface area contributed by atoms with E-state index >= 15 is 0 Å². The molecule has 1 aliphatic carbocycles. The van der Waals surface area contributed by atoms with Crippen molar-refractivity contribution in [1.82, 2.24) is 4.90 Å². The van der Waals surface area contributed by atoms with Gasteiger partial charge in [-0.3, -0.25) is 4.99 Å². The van der Waals surface area contributed by atoms with Crippen LogP contribution in [0, 0.1) is 5.92 Å². The highest BCUT2D eigenvalue weighted by atomic mass is 16.5. The van der Waals surface area contributed by atoms with Gasteiger partial charge in [0.25, 0.3) is 0 Å². The van der Waals surface area contributed by atoms with Gasteiger partial charge in [0, 0.05) is 6.54 Å². The highest BCUT2D eigenvalue weighted by Gasteiger charge is 2.32. The first-order chi connectivity index (χ1) is 9.28. The number of aliphatic imine (C=N–C) groups is 1. The number of nitrogens with zero attached hydrogens (tertiary/aromatic N) is 2. The molecule has 2 N–H and O–H groups in total. The van der Waals surface area contributed by atoms with Gasteiger partial charge in [-0.15, -0.1) is 0 Å². The first-order valence-corrected chi connectivity index (χ1v) is 7.07. The highest BCUT2D eigenvalue weighted by molar-refractivity contribution is 5.80. The maximum absolute atomic E-state index is 6.01. The molecule has 0 saturated heterocycles. The summed E-state index contributed by atoms with van der Waals surface area (Å²) in [6.07, 6.45) is 2.67. The first-order valence-electron chi connectivity index (χ1n) is 7.07. The number of benzene rings is 1. The topological polar surface area (TPSA) is 50.9 Å². The van der Waals surface area contributed by atoms with Gasteiger partial charge in [0.05, 0.1) is 19.2 Å². The summed E-state index contributed by atoms with van der Waals surface area (Å²) in [7, 11) is 0. The molecule has 1 aromatic rings. The number of hydrogen-bond acceptors (Lipinski definition) is 4. The largest absolute Gasteiger partial charge is 0.494 e. The third kappa shape index (κ3) is 2.67. The molecule has 0 bridgehead atoms. The summed E-state index contributed by atoms with van der Waals surface area (Å²) in [4.78, 5) is 6.66. The molecule has 3 rings (SSSR count). The lowest BCUT2D eigenvalue weighted by Gasteiger charge is -2.26. The van der Waals surface area contributed by atoms with Gasteiger partial charge in [-0.1, -0.05) is 12.1 Å². The molecule has 0 radical (unpaired) electrons. The zero-order valence-electron chi connectivity index (χ0n) is 11.4. The van der Waals surface area contributed by atoms with Crippen LogP contribution in [0.25, 0.3) is 0 Å². The van der Waals surface area contributed by atoms with Crippen molar-refractivity contribution in [2.24, 2.45) is 16.6 Å². The van der Waals surface area contributed by atoms with Crippen LogP contribution in [0.2, 0.25) is 0 Å². The van der Waals surface area contributed by atoms with Gasteiger partial charge in [0.2, 0.25) is 0 Å². The zero-order chi connectivity index (χ0) is 13.2. The van der Waals surface area contributed by atoms with Gasteiger partial charge in [-0.25, -0.2) is 0 Å². The van der Waals surface area contributed by atoms with Crippen molar-refractivity contribution in [3.63, 3.8) is 0 Å². The minimum atomic E-state index is 0.302. The number of rotatable bonds is 5. The lowest BCUT2D eigenvalue weighted by molar-refractivity contribution is 0.330. The van der Waals surface area contributed by atoms with Crippen molar-refractivity contribution in [2.45, 2.75) is 25.8 Å². The molecule has 1 aliphatic heterocycles. The molecular formula is C15H21N3O. The number of guanidine groups is 1. The van der Waals surface area contributed by atoms with E-state index in [9.17, 15) is 0 Å². The van der Waals surface area contributed by atoms with E-state index in [4.69, 9.17) is 10.5 Å². The SMILES string of the molecule is CCOc1ccc(C2CN=C(N)N2CC2CC2)cc1. The summed E-state index contributed by atoms with van der Waals surface area (Å²) in [6.45, 7) is 4.52. The second-order valence-electron chi connectivity index (χ2n) is 5.31. The number of nitrogens with two attached hydrogens (primary N) is 1. The Bertz CT molecular complexity index is 465. The third-order valence-corrected chi connectivity index (χ3v) is 3.82. The molecule has 19 heavy (non-hydrogen) atoms. The molecule has 1 atom stereocenters. The second kappa shape index (κ2) is 5.11. The second-order valence-corrected chi connectivity index (χ2v) is 5.31. The van der Waals surface area contributed by atoms with Crippen LogP contribution in [-0.4, -0.2) is 30.6 Å². The summed E-state index contributed by atoms with van der Waals surface area (Å²) in [5.41, 5.74) is 7.28. The van der Waals surface area contributed by atoms with Crippen molar-refractivity contribution in [3.8, 4) is 5.75 Å². The van der Waals surface area contributed by atoms with Crippen LogP contribution in [0.3, 0.4) is 0 Å². The minimum absolute atomic E-state index is 0.302. The van der Waals surface area contributed by atoms with E-state index in [1.165, 1.54) is 18.4 Å². The van der Waals surface area contributed by atoms with Gasteiger partial charge in [0.1, 0.15) is 5.75 Å². The molecule has 4 heteroatoms. The number of hydrogen-bond donors (Lipinski definition) is 1. The van der Waals surface area contributed by atoms with E-state index in [2.05, 4.69) is 22.0 Å². The lowest BCUT2D eigenvalue weighted by Crippen LogP contribution is -2.37. The molecule has 2 aliphatic rings. The fourth-order valence-corrected chi connectivity index (χ4v) is 2.57. The highest BCUT2D eigenvalue weighted by Crippen LogP contribution is 2.34. The van der Waals surface area contributed by atoms with Crippen LogP contribution in [-0.2, 0) is 0 Å². The van der Waals surface area contributed by atoms with Crippen LogP contribution >= 0.6 is 0 Å². The maximum atomic E-state index is 6.01. The van der Waals surface area contributed by atoms with Crippen LogP contribution in [0.4, 0.5) is 0 Å². The summed E-state index contributed by atoms with van der Waals surface area (Å²) in [6, 6.07) is 8.62. The molecule has 1 unspecified atom stereocenters. The molecule has 4 nitrogen and oxygen atoms in total. The fraction of sp³-hybridized carbons (Fsp3) is 0.533. The fourth-order valence-electron chi connectivity index (χ4n) is 2.57. The Balaban J connectivity index is 1.73. The standard InChI is InChI=1S/C15H21N3O/c1-2-19-13-7-5-12(6-8-13)14-9-17-15(16)18(14)10-11-3-4-11/h5-8,11,14H,2-4,9-10H2,1H3,(H2,16,17). The quantitative estimate of drug-likeness (QED) is 0.881. The Morgan fingerprint density at radius 1 is 1.32 bits per heavy atom. The summed E-state index contributed by atoms with van der Waals surface area (Å²) < 4.78 is 5.48. The van der Waals surface area contributed by atoms with Gasteiger partial charge >= 0.3 is 0 Å². The van der Waals surface area contributed by atoms with Crippen LogP contribution in [0.1, 0.15) is 31.4 Å². The molecule has 1 aromatic carbocycles. The van der Waals surface area contributed by atoms with E-state index in [1.54, 1.807) is 0 Å². The maximum Gasteiger partial charge on any atom is 0.191 e. The predicted molar refractivity (Wildman–Crippen MR) is 76.3 cm³/mol. The van der Waals surface area contributed by atoms with Crippen LogP contribution in [0.5, 0.6) is 5.75 Å². The Hall–Kier alpha value is -1.71. The third-order valence-electron chi connectivity index (χ3n) is 3.82. The molecule has 0 amide bonds. The summed E-state index contributed by atoms with van der Waals surface area (Å²) in [5, 5.41) is 0. The molecular weight excluding hydrogens is 238 g/mol. The van der Waals surface area contributed by atoms with Crippen molar-refractivity contribution < 1.29 is 4.74 Å². The molecule has 1 fully saturated rings. The van der Waals surface area contributed by atoms with Gasteiger partial charge in [-0.2, -0.15) is 0 Å². The van der Waals surface area contributed by atoms with Gasteiger partial charge < -0.3 is 15.4 Å². The predicted octanol–water partition coefficient (Wildman–Crippen LogP) is 2.17. The minimum Gasteiger partial charge on any atom is -0.494 e. The molecule has 0 spiro atoms. The smallest absolute Gasteiger partial charge is 0.191 e. The van der Waals surface area contributed by atoms with E-state index < -0.39 is 0 Å². The van der Waals surface area contributed by atoms with Crippen molar-refractivity contribution in [1.29, 1.82) is 0 Å². The zero-order valence-corrected chi connectivity index (χ0v) is 11.4. The van der Waals surface area contributed by atoms with E-state index in [0.29, 0.717) is 18.6 Å². The average molecular weight is 259 g/mol. The van der Waals surface area contributed by atoms with Gasteiger partial charge in [0.15, 0.2) is 5.96 Å². The Morgan fingerprint density at radius 3 is 2.68 bits per heavy atom. The van der Waals surface area contributed by atoms with Crippen LogP contribution in [0.15, 0.2) is 29.3 Å². The van der Waals surface area contributed by atoms with E-state index in [-0.39, 0.29) is 0 Å². The van der Waals surface area contributed by atoms with Crippen LogP contribution < -0.4 is 10.5 Å². The Labute approximate surface area is 114 Å². The van der Waals surface area contributed by atoms with Crippen molar-refractivity contribution >= 4 is 5.96 Å². The Morgan fingerprint density at radius 2 is 2.05 bits per heavy atom. The summed E-state index contributed by atoms with van der Waals surface area (Å²) in [5.74, 6) is 2.44. The first kappa shape index (κ1) is 12.3. The molecule has 1 saturated carbocycles. The molecule has 0 aromatic heterocycles. The normalized spacial score (nSPS) is 22.5. The number of ether oxygens (including phenoxy) is 1. The monoisotopic (exact) mass is 259 g/mol.